The van der Waals surface area contributed by atoms with E-state index in [1.165, 1.54) is 6.07 Å². The van der Waals surface area contributed by atoms with E-state index in [4.69, 9.17) is 4.52 Å². The van der Waals surface area contributed by atoms with Crippen LogP contribution in [0.2, 0.25) is 0 Å². The number of H-pyrrole nitrogens is 1. The molecule has 3 rings (SSSR count). The van der Waals surface area contributed by atoms with E-state index < -0.39 is 0 Å². The molecule has 0 radical (unpaired) electrons. The van der Waals surface area contributed by atoms with Gasteiger partial charge in [0.25, 0.3) is 11.4 Å². The summed E-state index contributed by atoms with van der Waals surface area (Å²) in [5, 5.41) is 13.4. The van der Waals surface area contributed by atoms with Crippen molar-refractivity contribution in [2.75, 3.05) is 26.2 Å². The van der Waals surface area contributed by atoms with E-state index >= 15 is 0 Å². The van der Waals surface area contributed by atoms with Gasteiger partial charge in [0.05, 0.1) is 6.54 Å². The number of aromatic nitrogens is 4. The highest BCUT2D eigenvalue weighted by molar-refractivity contribution is 5.44. The third-order valence-corrected chi connectivity index (χ3v) is 2.94. The fourth-order valence-corrected chi connectivity index (χ4v) is 1.96. The zero-order valence-electron chi connectivity index (χ0n) is 10.3. The maximum Gasteiger partial charge on any atom is 0.278 e. The average molecular weight is 262 g/mol. The minimum absolute atomic E-state index is 0.260. The molecule has 1 fully saturated rings. The summed E-state index contributed by atoms with van der Waals surface area (Å²) >= 11 is 0. The maximum absolute atomic E-state index is 10.9. The molecule has 1 aliphatic heterocycles. The van der Waals surface area contributed by atoms with Gasteiger partial charge in [0, 0.05) is 32.2 Å². The van der Waals surface area contributed by atoms with Crippen LogP contribution in [-0.4, -0.2) is 51.4 Å². The van der Waals surface area contributed by atoms with E-state index in [1.807, 2.05) is 0 Å². The molecule has 19 heavy (non-hydrogen) atoms. The van der Waals surface area contributed by atoms with E-state index in [0.717, 1.165) is 26.2 Å². The molecule has 0 bridgehead atoms. The number of hydrogen-bond acceptors (Lipinski definition) is 7. The number of aromatic amines is 1. The maximum atomic E-state index is 10.9. The predicted molar refractivity (Wildman–Crippen MR) is 66.3 cm³/mol. The highest BCUT2D eigenvalue weighted by Gasteiger charge is 2.15. The molecule has 0 unspecified atom stereocenters. The van der Waals surface area contributed by atoms with Gasteiger partial charge in [-0.1, -0.05) is 5.16 Å². The van der Waals surface area contributed by atoms with Crippen LogP contribution in [0.25, 0.3) is 11.6 Å². The van der Waals surface area contributed by atoms with Crippen molar-refractivity contribution in [3.63, 3.8) is 0 Å². The summed E-state index contributed by atoms with van der Waals surface area (Å²) < 4.78 is 5.14. The second kappa shape index (κ2) is 5.29. The summed E-state index contributed by atoms with van der Waals surface area (Å²) in [5.74, 6) is 0.950. The molecule has 3 heterocycles. The molecular formula is C11H14N6O2. The highest BCUT2D eigenvalue weighted by atomic mass is 16.5. The molecule has 1 saturated heterocycles. The van der Waals surface area contributed by atoms with Crippen molar-refractivity contribution in [1.82, 2.24) is 30.6 Å². The molecule has 8 nitrogen and oxygen atoms in total. The van der Waals surface area contributed by atoms with Gasteiger partial charge in [-0.15, -0.1) is 0 Å². The third-order valence-electron chi connectivity index (χ3n) is 2.94. The molecule has 0 aromatic carbocycles. The van der Waals surface area contributed by atoms with Crippen LogP contribution >= 0.6 is 0 Å². The van der Waals surface area contributed by atoms with Crippen LogP contribution in [0.4, 0.5) is 0 Å². The molecule has 2 N–H and O–H groups in total. The Morgan fingerprint density at radius 2 is 2.16 bits per heavy atom. The zero-order valence-corrected chi connectivity index (χ0v) is 10.3. The number of nitrogens with one attached hydrogen (secondary N) is 2. The lowest BCUT2D eigenvalue weighted by molar-refractivity contribution is 0.225. The van der Waals surface area contributed by atoms with E-state index in [-0.39, 0.29) is 5.56 Å². The minimum atomic E-state index is -0.260. The van der Waals surface area contributed by atoms with Crippen molar-refractivity contribution in [3.8, 4) is 11.6 Å². The summed E-state index contributed by atoms with van der Waals surface area (Å²) in [6, 6.07) is 2.93. The topological polar surface area (TPSA) is 99.9 Å². The predicted octanol–water partition coefficient (Wildman–Crippen LogP) is -0.775. The first-order valence-electron chi connectivity index (χ1n) is 6.13. The summed E-state index contributed by atoms with van der Waals surface area (Å²) in [5.41, 5.74) is 0.211. The van der Waals surface area contributed by atoms with Crippen LogP contribution in [0.1, 0.15) is 5.82 Å². The first-order chi connectivity index (χ1) is 9.31. The van der Waals surface area contributed by atoms with E-state index in [1.54, 1.807) is 6.07 Å². The summed E-state index contributed by atoms with van der Waals surface area (Å²) in [4.78, 5) is 17.5. The smallest absolute Gasteiger partial charge is 0.278 e. The second-order valence-electron chi connectivity index (χ2n) is 4.35. The molecule has 100 valence electrons. The lowest BCUT2D eigenvalue weighted by Crippen LogP contribution is -2.43. The van der Waals surface area contributed by atoms with Crippen molar-refractivity contribution in [2.24, 2.45) is 0 Å². The van der Waals surface area contributed by atoms with Crippen molar-refractivity contribution in [2.45, 2.75) is 6.54 Å². The first kappa shape index (κ1) is 12.0. The number of rotatable bonds is 3. The van der Waals surface area contributed by atoms with Gasteiger partial charge in [0.2, 0.25) is 0 Å². The van der Waals surface area contributed by atoms with Crippen LogP contribution in [0.5, 0.6) is 0 Å². The molecule has 8 heteroatoms. The second-order valence-corrected chi connectivity index (χ2v) is 4.35. The molecular weight excluding hydrogens is 248 g/mol. The Balaban J connectivity index is 1.71. The Bertz CT molecular complexity index is 581. The molecule has 0 spiro atoms. The van der Waals surface area contributed by atoms with Gasteiger partial charge in [-0.3, -0.25) is 9.69 Å². The van der Waals surface area contributed by atoms with Gasteiger partial charge in [-0.05, 0) is 6.07 Å². The van der Waals surface area contributed by atoms with Crippen molar-refractivity contribution in [1.29, 1.82) is 0 Å². The fraction of sp³-hybridized carbons (Fsp3) is 0.455. The normalized spacial score (nSPS) is 16.6. The number of piperazine rings is 1. The largest absolute Gasteiger partial charge is 0.332 e. The van der Waals surface area contributed by atoms with Gasteiger partial charge in [0.1, 0.15) is 5.69 Å². The van der Waals surface area contributed by atoms with Crippen LogP contribution in [-0.2, 0) is 6.54 Å². The summed E-state index contributed by atoms with van der Waals surface area (Å²) in [6.45, 7) is 4.56. The Morgan fingerprint density at radius 3 is 2.89 bits per heavy atom. The van der Waals surface area contributed by atoms with Crippen molar-refractivity contribution < 1.29 is 4.52 Å². The average Bonchev–Trinajstić information content (AvgIpc) is 2.89. The zero-order chi connectivity index (χ0) is 13.1. The molecule has 0 atom stereocenters. The van der Waals surface area contributed by atoms with E-state index in [0.29, 0.717) is 24.0 Å². The number of hydrogen-bond donors (Lipinski definition) is 2. The van der Waals surface area contributed by atoms with Crippen LogP contribution in [0.15, 0.2) is 21.5 Å². The van der Waals surface area contributed by atoms with E-state index in [9.17, 15) is 4.79 Å². The van der Waals surface area contributed by atoms with Gasteiger partial charge >= 0.3 is 0 Å². The minimum Gasteiger partial charge on any atom is -0.332 e. The molecule has 0 aliphatic carbocycles. The SMILES string of the molecule is O=c1ccc(-c2nc(CN3CCNCC3)no2)n[nH]1. The third kappa shape index (κ3) is 2.85. The molecule has 2 aromatic heterocycles. The van der Waals surface area contributed by atoms with Gasteiger partial charge in [-0.2, -0.15) is 10.1 Å². The molecule has 1 aliphatic rings. The standard InChI is InChI=1S/C11H14N6O2/c18-10-2-1-8(14-15-10)11-13-9(16-19-11)7-17-5-3-12-4-6-17/h1-2,12H,3-7H2,(H,15,18). The first-order valence-corrected chi connectivity index (χ1v) is 6.13. The van der Waals surface area contributed by atoms with E-state index in [2.05, 4.69) is 30.6 Å². The van der Waals surface area contributed by atoms with Crippen LogP contribution < -0.4 is 10.9 Å². The van der Waals surface area contributed by atoms with Crippen LogP contribution in [0, 0.1) is 0 Å². The fourth-order valence-electron chi connectivity index (χ4n) is 1.96. The van der Waals surface area contributed by atoms with Crippen molar-refractivity contribution >= 4 is 0 Å². The highest BCUT2D eigenvalue weighted by Crippen LogP contribution is 2.12. The Hall–Kier alpha value is -2.06. The Morgan fingerprint density at radius 1 is 1.32 bits per heavy atom. The van der Waals surface area contributed by atoms with Gasteiger partial charge in [-0.25, -0.2) is 5.10 Å². The molecule has 0 saturated carbocycles. The van der Waals surface area contributed by atoms with Gasteiger partial charge in [0.15, 0.2) is 5.82 Å². The number of nitrogens with zero attached hydrogens (tertiary/aromatic N) is 4. The Kier molecular flexibility index (Phi) is 3.34. The Labute approximate surface area is 108 Å². The molecule has 0 amide bonds. The lowest BCUT2D eigenvalue weighted by atomic mass is 10.3. The van der Waals surface area contributed by atoms with Crippen LogP contribution in [0.3, 0.4) is 0 Å². The quantitative estimate of drug-likeness (QED) is 0.748. The summed E-state index contributed by atoms with van der Waals surface area (Å²) in [6.07, 6.45) is 0. The summed E-state index contributed by atoms with van der Waals surface area (Å²) in [7, 11) is 0. The monoisotopic (exact) mass is 262 g/mol. The molecule has 2 aromatic rings. The van der Waals surface area contributed by atoms with Crippen molar-refractivity contribution in [3.05, 3.63) is 28.3 Å². The lowest BCUT2D eigenvalue weighted by Gasteiger charge is -2.25. The van der Waals surface area contributed by atoms with Gasteiger partial charge < -0.3 is 9.84 Å².